The van der Waals surface area contributed by atoms with Crippen molar-refractivity contribution in [3.05, 3.63) is 29.8 Å². The lowest BCUT2D eigenvalue weighted by atomic mass is 9.89. The molecule has 1 saturated heterocycles. The van der Waals surface area contributed by atoms with E-state index in [1.165, 1.54) is 0 Å². The van der Waals surface area contributed by atoms with Gasteiger partial charge in [-0.3, -0.25) is 4.79 Å². The summed E-state index contributed by atoms with van der Waals surface area (Å²) in [7, 11) is 0. The first-order valence-corrected chi connectivity index (χ1v) is 5.93. The molecule has 0 amide bonds. The summed E-state index contributed by atoms with van der Waals surface area (Å²) < 4.78 is 11.0. The van der Waals surface area contributed by atoms with Gasteiger partial charge in [0.05, 0.1) is 31.3 Å². The van der Waals surface area contributed by atoms with Crippen molar-refractivity contribution in [3.8, 4) is 5.75 Å². The van der Waals surface area contributed by atoms with Gasteiger partial charge in [0.2, 0.25) is 0 Å². The van der Waals surface area contributed by atoms with Gasteiger partial charge in [-0.05, 0) is 12.1 Å². The number of ether oxygens (including phenoxy) is 2. The minimum atomic E-state index is -0.134. The molecule has 2 aliphatic rings. The van der Waals surface area contributed by atoms with Crippen LogP contribution in [0.4, 0.5) is 0 Å². The molecule has 2 unspecified atom stereocenters. The number of carbonyl (C=O) groups excluding carboxylic acids is 1. The standard InChI is InChI=1S/C13H15NO3/c15-13-9-3-1-2-4-12(9)17-7-10(13)11-8-16-6-5-14-11/h1-4,10-11,14H,5-8H2. The van der Waals surface area contributed by atoms with Crippen LogP contribution in [-0.4, -0.2) is 38.2 Å². The zero-order valence-electron chi connectivity index (χ0n) is 9.52. The Bertz CT molecular complexity index is 426. The Morgan fingerprint density at radius 3 is 2.94 bits per heavy atom. The molecule has 0 bridgehead atoms. The van der Waals surface area contributed by atoms with Crippen LogP contribution in [0.25, 0.3) is 0 Å². The zero-order valence-corrected chi connectivity index (χ0v) is 9.52. The van der Waals surface area contributed by atoms with Crippen LogP contribution in [0.1, 0.15) is 10.4 Å². The van der Waals surface area contributed by atoms with E-state index in [0.717, 1.165) is 13.2 Å². The molecule has 0 aromatic heterocycles. The quantitative estimate of drug-likeness (QED) is 0.781. The van der Waals surface area contributed by atoms with Crippen LogP contribution in [0.15, 0.2) is 24.3 Å². The van der Waals surface area contributed by atoms with Crippen molar-refractivity contribution in [2.24, 2.45) is 5.92 Å². The van der Waals surface area contributed by atoms with Crippen molar-refractivity contribution >= 4 is 5.78 Å². The third kappa shape index (κ3) is 1.94. The van der Waals surface area contributed by atoms with Crippen LogP contribution in [0.5, 0.6) is 5.75 Å². The molecular weight excluding hydrogens is 218 g/mol. The normalized spacial score (nSPS) is 28.4. The number of para-hydroxylation sites is 1. The Morgan fingerprint density at radius 2 is 2.12 bits per heavy atom. The molecule has 2 aliphatic heterocycles. The summed E-state index contributed by atoms with van der Waals surface area (Å²) in [4.78, 5) is 12.3. The van der Waals surface area contributed by atoms with Crippen molar-refractivity contribution in [1.29, 1.82) is 0 Å². The van der Waals surface area contributed by atoms with Crippen molar-refractivity contribution < 1.29 is 14.3 Å². The smallest absolute Gasteiger partial charge is 0.174 e. The molecule has 0 aliphatic carbocycles. The van der Waals surface area contributed by atoms with Gasteiger partial charge in [0.25, 0.3) is 0 Å². The van der Waals surface area contributed by atoms with E-state index in [1.807, 2.05) is 24.3 Å². The third-order valence-corrected chi connectivity index (χ3v) is 3.34. The number of carbonyl (C=O) groups is 1. The van der Waals surface area contributed by atoms with Crippen LogP contribution >= 0.6 is 0 Å². The van der Waals surface area contributed by atoms with E-state index >= 15 is 0 Å². The summed E-state index contributed by atoms with van der Waals surface area (Å²) in [5.74, 6) is 0.727. The van der Waals surface area contributed by atoms with Crippen molar-refractivity contribution in [1.82, 2.24) is 5.32 Å². The maximum atomic E-state index is 12.3. The number of fused-ring (bicyclic) bond motifs is 1. The summed E-state index contributed by atoms with van der Waals surface area (Å²) in [6.45, 7) is 2.55. The Labute approximate surface area is 99.9 Å². The van der Waals surface area contributed by atoms with Gasteiger partial charge in [0.15, 0.2) is 5.78 Å². The van der Waals surface area contributed by atoms with Gasteiger partial charge in [-0.1, -0.05) is 12.1 Å². The first-order chi connectivity index (χ1) is 8.36. The summed E-state index contributed by atoms with van der Waals surface area (Å²) >= 11 is 0. The second-order valence-corrected chi connectivity index (χ2v) is 4.41. The molecule has 4 nitrogen and oxygen atoms in total. The third-order valence-electron chi connectivity index (χ3n) is 3.34. The van der Waals surface area contributed by atoms with Crippen molar-refractivity contribution in [2.75, 3.05) is 26.4 Å². The van der Waals surface area contributed by atoms with Crippen LogP contribution in [-0.2, 0) is 4.74 Å². The fourth-order valence-corrected chi connectivity index (χ4v) is 2.39. The first kappa shape index (κ1) is 10.7. The second kappa shape index (κ2) is 4.47. The molecule has 90 valence electrons. The molecule has 0 saturated carbocycles. The van der Waals surface area contributed by atoms with Gasteiger partial charge in [-0.25, -0.2) is 0 Å². The van der Waals surface area contributed by atoms with Gasteiger partial charge >= 0.3 is 0 Å². The average molecular weight is 233 g/mol. The number of ketones is 1. The lowest BCUT2D eigenvalue weighted by Gasteiger charge is -2.33. The molecule has 3 rings (SSSR count). The van der Waals surface area contributed by atoms with Gasteiger partial charge in [-0.15, -0.1) is 0 Å². The highest BCUT2D eigenvalue weighted by atomic mass is 16.5. The van der Waals surface area contributed by atoms with Crippen LogP contribution in [0.2, 0.25) is 0 Å². The van der Waals surface area contributed by atoms with E-state index in [9.17, 15) is 4.79 Å². The summed E-state index contributed by atoms with van der Waals surface area (Å²) in [6, 6.07) is 7.49. The van der Waals surface area contributed by atoms with Crippen molar-refractivity contribution in [3.63, 3.8) is 0 Å². The van der Waals surface area contributed by atoms with Crippen molar-refractivity contribution in [2.45, 2.75) is 6.04 Å². The van der Waals surface area contributed by atoms with Crippen LogP contribution in [0, 0.1) is 5.92 Å². The number of Topliss-reactive ketones (excluding diaryl/α,β-unsaturated/α-hetero) is 1. The van der Waals surface area contributed by atoms with Gasteiger partial charge in [0, 0.05) is 12.6 Å². The van der Waals surface area contributed by atoms with E-state index in [-0.39, 0.29) is 17.7 Å². The monoisotopic (exact) mass is 233 g/mol. The average Bonchev–Trinajstić information content (AvgIpc) is 2.40. The Hall–Kier alpha value is -1.39. The molecule has 1 N–H and O–H groups in total. The number of nitrogens with one attached hydrogen (secondary N) is 1. The van der Waals surface area contributed by atoms with Gasteiger partial charge in [-0.2, -0.15) is 0 Å². The largest absolute Gasteiger partial charge is 0.492 e. The molecule has 1 aromatic carbocycles. The molecule has 2 heterocycles. The molecule has 4 heteroatoms. The van der Waals surface area contributed by atoms with E-state index in [1.54, 1.807) is 0 Å². The van der Waals surface area contributed by atoms with Crippen LogP contribution < -0.4 is 10.1 Å². The topological polar surface area (TPSA) is 47.6 Å². The highest BCUT2D eigenvalue weighted by Gasteiger charge is 2.35. The lowest BCUT2D eigenvalue weighted by molar-refractivity contribution is 0.0378. The Morgan fingerprint density at radius 1 is 1.24 bits per heavy atom. The summed E-state index contributed by atoms with van der Waals surface area (Å²) in [6.07, 6.45) is 0. The number of hydrogen-bond donors (Lipinski definition) is 1. The van der Waals surface area contributed by atoms with E-state index < -0.39 is 0 Å². The maximum absolute atomic E-state index is 12.3. The van der Waals surface area contributed by atoms with Crippen LogP contribution in [0.3, 0.4) is 0 Å². The predicted octanol–water partition coefficient (Wildman–Crippen LogP) is 0.866. The summed E-state index contributed by atoms with van der Waals surface area (Å²) in [5, 5.41) is 3.32. The molecule has 0 spiro atoms. The SMILES string of the molecule is O=C1c2ccccc2OCC1C1COCCN1. The Balaban J connectivity index is 1.83. The molecule has 17 heavy (non-hydrogen) atoms. The number of hydrogen-bond acceptors (Lipinski definition) is 4. The molecule has 1 aromatic rings. The number of rotatable bonds is 1. The molecule has 0 radical (unpaired) electrons. The second-order valence-electron chi connectivity index (χ2n) is 4.41. The Kier molecular flexibility index (Phi) is 2.82. The van der Waals surface area contributed by atoms with Gasteiger partial charge < -0.3 is 14.8 Å². The summed E-state index contributed by atoms with van der Waals surface area (Å²) in [5.41, 5.74) is 0.691. The first-order valence-electron chi connectivity index (χ1n) is 5.93. The highest BCUT2D eigenvalue weighted by molar-refractivity contribution is 6.01. The fourth-order valence-electron chi connectivity index (χ4n) is 2.39. The predicted molar refractivity (Wildman–Crippen MR) is 62.4 cm³/mol. The van der Waals surface area contributed by atoms with E-state index in [4.69, 9.17) is 9.47 Å². The van der Waals surface area contributed by atoms with E-state index in [0.29, 0.717) is 24.5 Å². The maximum Gasteiger partial charge on any atom is 0.174 e. The number of morpholine rings is 1. The fraction of sp³-hybridized carbons (Fsp3) is 0.462. The van der Waals surface area contributed by atoms with E-state index in [2.05, 4.69) is 5.32 Å². The number of benzene rings is 1. The molecular formula is C13H15NO3. The highest BCUT2D eigenvalue weighted by Crippen LogP contribution is 2.28. The van der Waals surface area contributed by atoms with Gasteiger partial charge in [0.1, 0.15) is 5.75 Å². The minimum absolute atomic E-state index is 0.0737. The molecule has 2 atom stereocenters. The lowest BCUT2D eigenvalue weighted by Crippen LogP contribution is -2.51. The zero-order chi connectivity index (χ0) is 11.7. The molecule has 1 fully saturated rings. The minimum Gasteiger partial charge on any atom is -0.492 e.